The summed E-state index contributed by atoms with van der Waals surface area (Å²) in [6.45, 7) is 0.187. The van der Waals surface area contributed by atoms with Crippen LogP contribution >= 0.6 is 22.9 Å². The first-order chi connectivity index (χ1) is 8.14. The molecule has 0 amide bonds. The van der Waals surface area contributed by atoms with Gasteiger partial charge in [0.1, 0.15) is 5.60 Å². The smallest absolute Gasteiger partial charge is 0.107 e. The van der Waals surface area contributed by atoms with Crippen molar-refractivity contribution < 1.29 is 5.11 Å². The largest absolute Gasteiger partial charge is 0.383 e. The highest BCUT2D eigenvalue weighted by atomic mass is 35.5. The lowest BCUT2D eigenvalue weighted by atomic mass is 9.90. The predicted octanol–water partition coefficient (Wildman–Crippen LogP) is 2.79. The molecule has 0 saturated carbocycles. The van der Waals surface area contributed by atoms with Crippen LogP contribution in [0.5, 0.6) is 0 Å². The Morgan fingerprint density at radius 1 is 1.18 bits per heavy atom. The summed E-state index contributed by atoms with van der Waals surface area (Å²) in [4.78, 5) is 1.03. The monoisotopic (exact) mass is 267 g/mol. The number of aliphatic hydroxyl groups is 1. The van der Waals surface area contributed by atoms with Crippen LogP contribution in [0.4, 0.5) is 0 Å². The molecule has 2 aromatic rings. The van der Waals surface area contributed by atoms with Crippen molar-refractivity contribution in [2.75, 3.05) is 6.54 Å². The molecule has 4 heteroatoms. The number of hydrogen-bond acceptors (Lipinski definition) is 3. The maximum atomic E-state index is 10.6. The zero-order valence-electron chi connectivity index (χ0n) is 9.27. The Morgan fingerprint density at radius 2 is 1.88 bits per heavy atom. The Labute approximate surface area is 110 Å². The Hall–Kier alpha value is -0.870. The fourth-order valence-corrected chi connectivity index (χ4v) is 2.97. The Morgan fingerprint density at radius 3 is 2.41 bits per heavy atom. The molecule has 0 bridgehead atoms. The molecule has 2 rings (SSSR count). The molecule has 3 N–H and O–H groups in total. The highest BCUT2D eigenvalue weighted by Crippen LogP contribution is 2.29. The van der Waals surface area contributed by atoms with E-state index in [1.165, 1.54) is 11.3 Å². The Kier molecular flexibility index (Phi) is 3.84. The summed E-state index contributed by atoms with van der Waals surface area (Å²) >= 11 is 7.36. The molecule has 1 aromatic carbocycles. The molecular formula is C13H14ClNOS. The van der Waals surface area contributed by atoms with Crippen molar-refractivity contribution >= 4 is 22.9 Å². The number of hydrogen-bond donors (Lipinski definition) is 2. The van der Waals surface area contributed by atoms with Gasteiger partial charge in [-0.25, -0.2) is 0 Å². The van der Waals surface area contributed by atoms with Crippen LogP contribution in [0, 0.1) is 0 Å². The van der Waals surface area contributed by atoms with Crippen molar-refractivity contribution in [3.8, 4) is 0 Å². The van der Waals surface area contributed by atoms with E-state index >= 15 is 0 Å². The molecular weight excluding hydrogens is 254 g/mol. The molecule has 2 nitrogen and oxygen atoms in total. The highest BCUT2D eigenvalue weighted by molar-refractivity contribution is 7.16. The summed E-state index contributed by atoms with van der Waals surface area (Å²) in [5.41, 5.74) is 5.54. The molecule has 0 aliphatic rings. The minimum atomic E-state index is -1.02. The molecule has 0 spiro atoms. The van der Waals surface area contributed by atoms with Crippen LogP contribution in [-0.2, 0) is 12.0 Å². The van der Waals surface area contributed by atoms with Crippen molar-refractivity contribution in [1.29, 1.82) is 0 Å². The van der Waals surface area contributed by atoms with Gasteiger partial charge in [0.15, 0.2) is 0 Å². The minimum Gasteiger partial charge on any atom is -0.383 e. The second kappa shape index (κ2) is 5.19. The minimum absolute atomic E-state index is 0.187. The molecule has 1 heterocycles. The molecule has 17 heavy (non-hydrogen) atoms. The average Bonchev–Trinajstić information content (AvgIpc) is 2.75. The van der Waals surface area contributed by atoms with E-state index in [1.54, 1.807) is 0 Å². The van der Waals surface area contributed by atoms with E-state index in [-0.39, 0.29) is 6.54 Å². The van der Waals surface area contributed by atoms with Gasteiger partial charge in [0.05, 0.1) is 4.34 Å². The van der Waals surface area contributed by atoms with E-state index in [4.69, 9.17) is 17.3 Å². The van der Waals surface area contributed by atoms with Crippen LogP contribution in [0.15, 0.2) is 42.5 Å². The van der Waals surface area contributed by atoms with Gasteiger partial charge in [0, 0.05) is 17.8 Å². The van der Waals surface area contributed by atoms with Crippen molar-refractivity contribution in [2.24, 2.45) is 5.73 Å². The van der Waals surface area contributed by atoms with Crippen molar-refractivity contribution in [2.45, 2.75) is 12.0 Å². The number of thiophene rings is 1. The SMILES string of the molecule is NCC(O)(Cc1ccc(Cl)s1)c1ccccc1. The molecule has 1 unspecified atom stereocenters. The predicted molar refractivity (Wildman–Crippen MR) is 72.4 cm³/mol. The quantitative estimate of drug-likeness (QED) is 0.895. The third-order valence-electron chi connectivity index (χ3n) is 2.74. The lowest BCUT2D eigenvalue weighted by Crippen LogP contribution is -2.36. The van der Waals surface area contributed by atoms with Crippen LogP contribution in [0.1, 0.15) is 10.4 Å². The molecule has 0 fully saturated rings. The fourth-order valence-electron chi connectivity index (χ4n) is 1.78. The van der Waals surface area contributed by atoms with Gasteiger partial charge in [-0.15, -0.1) is 11.3 Å². The Balaban J connectivity index is 2.26. The van der Waals surface area contributed by atoms with Gasteiger partial charge < -0.3 is 10.8 Å². The molecule has 1 aromatic heterocycles. The molecule has 0 saturated heterocycles. The van der Waals surface area contributed by atoms with Gasteiger partial charge in [0.2, 0.25) is 0 Å². The van der Waals surface area contributed by atoms with Crippen molar-refractivity contribution in [1.82, 2.24) is 0 Å². The molecule has 90 valence electrons. The normalized spacial score (nSPS) is 14.5. The fraction of sp³-hybridized carbons (Fsp3) is 0.231. The lowest BCUT2D eigenvalue weighted by Gasteiger charge is -2.26. The molecule has 0 radical (unpaired) electrons. The Bertz CT molecular complexity index is 485. The van der Waals surface area contributed by atoms with E-state index in [2.05, 4.69) is 0 Å². The first-order valence-electron chi connectivity index (χ1n) is 5.36. The highest BCUT2D eigenvalue weighted by Gasteiger charge is 2.28. The van der Waals surface area contributed by atoms with Crippen LogP contribution in [-0.4, -0.2) is 11.7 Å². The number of halogens is 1. The molecule has 1 atom stereocenters. The van der Waals surface area contributed by atoms with E-state index in [0.29, 0.717) is 6.42 Å². The third-order valence-corrected chi connectivity index (χ3v) is 3.98. The number of benzene rings is 1. The topological polar surface area (TPSA) is 46.2 Å². The summed E-state index contributed by atoms with van der Waals surface area (Å²) < 4.78 is 0.729. The second-order valence-electron chi connectivity index (χ2n) is 3.98. The van der Waals surface area contributed by atoms with Crippen LogP contribution < -0.4 is 5.73 Å². The molecule has 0 aliphatic heterocycles. The maximum Gasteiger partial charge on any atom is 0.107 e. The summed E-state index contributed by atoms with van der Waals surface area (Å²) in [7, 11) is 0. The standard InChI is InChI=1S/C13H14ClNOS/c14-12-7-6-11(17-12)8-13(16,9-15)10-4-2-1-3-5-10/h1-7,16H,8-9,15H2. The van der Waals surface area contributed by atoms with Gasteiger partial charge in [-0.1, -0.05) is 41.9 Å². The second-order valence-corrected chi connectivity index (χ2v) is 5.78. The third kappa shape index (κ3) is 2.87. The first-order valence-corrected chi connectivity index (χ1v) is 6.56. The lowest BCUT2D eigenvalue weighted by molar-refractivity contribution is 0.0471. The first kappa shape index (κ1) is 12.6. The van der Waals surface area contributed by atoms with Crippen LogP contribution in [0.2, 0.25) is 4.34 Å². The summed E-state index contributed by atoms with van der Waals surface area (Å²) in [5, 5.41) is 10.6. The van der Waals surface area contributed by atoms with Crippen LogP contribution in [0.3, 0.4) is 0 Å². The molecule has 0 aliphatic carbocycles. The zero-order chi connectivity index (χ0) is 12.3. The van der Waals surface area contributed by atoms with Crippen molar-refractivity contribution in [3.63, 3.8) is 0 Å². The maximum absolute atomic E-state index is 10.6. The van der Waals surface area contributed by atoms with Crippen LogP contribution in [0.25, 0.3) is 0 Å². The summed E-state index contributed by atoms with van der Waals surface area (Å²) in [6.07, 6.45) is 0.491. The summed E-state index contributed by atoms with van der Waals surface area (Å²) in [5.74, 6) is 0. The van der Waals surface area contributed by atoms with E-state index in [9.17, 15) is 5.11 Å². The van der Waals surface area contributed by atoms with Gasteiger partial charge in [-0.3, -0.25) is 0 Å². The van der Waals surface area contributed by atoms with Crippen molar-refractivity contribution in [3.05, 3.63) is 57.2 Å². The van der Waals surface area contributed by atoms with Gasteiger partial charge in [-0.05, 0) is 17.7 Å². The van der Waals surface area contributed by atoms with Gasteiger partial charge >= 0.3 is 0 Å². The van der Waals surface area contributed by atoms with E-state index in [1.807, 2.05) is 42.5 Å². The summed E-state index contributed by atoms with van der Waals surface area (Å²) in [6, 6.07) is 13.3. The average molecular weight is 268 g/mol. The van der Waals surface area contributed by atoms with Gasteiger partial charge in [-0.2, -0.15) is 0 Å². The van der Waals surface area contributed by atoms with Gasteiger partial charge in [0.25, 0.3) is 0 Å². The van der Waals surface area contributed by atoms with E-state index in [0.717, 1.165) is 14.8 Å². The number of rotatable bonds is 4. The van der Waals surface area contributed by atoms with E-state index < -0.39 is 5.60 Å². The zero-order valence-corrected chi connectivity index (χ0v) is 10.8. The number of nitrogens with two attached hydrogens (primary N) is 1.